The van der Waals surface area contributed by atoms with Crippen LogP contribution in [-0.4, -0.2) is 16.0 Å². The number of hydrogen-bond donors (Lipinski definition) is 2. The van der Waals surface area contributed by atoms with Gasteiger partial charge in [-0.15, -0.1) is 0 Å². The fourth-order valence-electron chi connectivity index (χ4n) is 2.17. The highest BCUT2D eigenvalue weighted by Crippen LogP contribution is 2.27. The molecular weight excluding hydrogens is 414 g/mol. The Kier molecular flexibility index (Phi) is 5.11. The number of anilines is 1. The van der Waals surface area contributed by atoms with Gasteiger partial charge in [0.2, 0.25) is 11.8 Å². The van der Waals surface area contributed by atoms with Gasteiger partial charge in [-0.1, -0.05) is 36.7 Å². The zero-order valence-electron chi connectivity index (χ0n) is 14.6. The molecule has 26 heavy (non-hydrogen) atoms. The van der Waals surface area contributed by atoms with Crippen LogP contribution >= 0.6 is 28.1 Å². The van der Waals surface area contributed by atoms with Crippen LogP contribution in [-0.2, 0) is 4.79 Å². The van der Waals surface area contributed by atoms with E-state index < -0.39 is 5.41 Å². The van der Waals surface area contributed by atoms with Gasteiger partial charge < -0.3 is 15.1 Å². The van der Waals surface area contributed by atoms with E-state index in [9.17, 15) is 4.79 Å². The summed E-state index contributed by atoms with van der Waals surface area (Å²) in [5, 5.41) is 5.94. The lowest BCUT2D eigenvalue weighted by Crippen LogP contribution is -2.41. The molecule has 0 aliphatic rings. The summed E-state index contributed by atoms with van der Waals surface area (Å²) in [7, 11) is 0. The molecule has 0 aliphatic carbocycles. The number of oxazole rings is 1. The first-order valence-electron chi connectivity index (χ1n) is 8.01. The molecule has 0 fully saturated rings. The summed E-state index contributed by atoms with van der Waals surface area (Å²) in [5.74, 6) is 0.406. The van der Waals surface area contributed by atoms with Crippen LogP contribution in [0.15, 0.2) is 51.4 Å². The number of hydrogen-bond acceptors (Lipinski definition) is 4. The molecule has 0 radical (unpaired) electrons. The van der Waals surface area contributed by atoms with Gasteiger partial charge in [-0.3, -0.25) is 4.79 Å². The molecule has 0 saturated carbocycles. The van der Waals surface area contributed by atoms with Crippen LogP contribution in [0.3, 0.4) is 0 Å². The number of halogens is 1. The minimum atomic E-state index is -0.513. The number of carbonyl (C=O) groups is 1. The molecule has 1 heterocycles. The Morgan fingerprint density at radius 3 is 2.50 bits per heavy atom. The molecule has 1 amide bonds. The fourth-order valence-corrected chi connectivity index (χ4v) is 2.65. The SMILES string of the molecule is CC(C)(C)C(=O)NC(=S)Nc1ccc2oc(-c3ccc(Br)cc3)nc2c1. The van der Waals surface area contributed by atoms with Crippen molar-refractivity contribution >= 4 is 56.0 Å². The third kappa shape index (κ3) is 4.28. The van der Waals surface area contributed by atoms with E-state index in [1.807, 2.05) is 63.2 Å². The molecule has 3 rings (SSSR count). The number of aromatic nitrogens is 1. The smallest absolute Gasteiger partial charge is 0.231 e. The average Bonchev–Trinajstić information content (AvgIpc) is 2.97. The fraction of sp³-hybridized carbons (Fsp3) is 0.211. The topological polar surface area (TPSA) is 67.2 Å². The van der Waals surface area contributed by atoms with E-state index in [1.165, 1.54) is 0 Å². The monoisotopic (exact) mass is 431 g/mol. The number of benzene rings is 2. The minimum absolute atomic E-state index is 0.143. The molecule has 0 unspecified atom stereocenters. The highest BCUT2D eigenvalue weighted by molar-refractivity contribution is 9.10. The van der Waals surface area contributed by atoms with E-state index in [-0.39, 0.29) is 11.0 Å². The maximum atomic E-state index is 12.0. The number of fused-ring (bicyclic) bond motifs is 1. The normalized spacial score (nSPS) is 11.4. The number of thiocarbonyl (C=S) groups is 1. The second kappa shape index (κ2) is 7.17. The van der Waals surface area contributed by atoms with Crippen molar-refractivity contribution < 1.29 is 9.21 Å². The number of amides is 1. The quantitative estimate of drug-likeness (QED) is 0.551. The first kappa shape index (κ1) is 18.5. The Balaban J connectivity index is 1.78. The molecule has 0 atom stereocenters. The van der Waals surface area contributed by atoms with E-state index in [1.54, 1.807) is 0 Å². The lowest BCUT2D eigenvalue weighted by Gasteiger charge is -2.18. The third-order valence-corrected chi connectivity index (χ3v) is 4.38. The predicted molar refractivity (Wildman–Crippen MR) is 111 cm³/mol. The molecule has 1 aromatic heterocycles. The van der Waals surface area contributed by atoms with E-state index >= 15 is 0 Å². The van der Waals surface area contributed by atoms with Gasteiger partial charge in [0, 0.05) is 21.1 Å². The van der Waals surface area contributed by atoms with Gasteiger partial charge >= 0.3 is 0 Å². The molecule has 0 spiro atoms. The van der Waals surface area contributed by atoms with Gasteiger partial charge in [0.15, 0.2) is 10.7 Å². The zero-order chi connectivity index (χ0) is 18.9. The second-order valence-corrected chi connectivity index (χ2v) is 8.19. The van der Waals surface area contributed by atoms with Crippen LogP contribution in [0.25, 0.3) is 22.6 Å². The standard InChI is InChI=1S/C19H18BrN3O2S/c1-19(2,3)17(24)23-18(26)21-13-8-9-15-14(10-13)22-16(25-15)11-4-6-12(20)7-5-11/h4-10H,1-3H3,(H2,21,23,24,26). The van der Waals surface area contributed by atoms with Crippen molar-refractivity contribution in [3.8, 4) is 11.5 Å². The number of nitrogens with zero attached hydrogens (tertiary/aromatic N) is 1. The molecule has 2 N–H and O–H groups in total. The lowest BCUT2D eigenvalue weighted by molar-refractivity contribution is -0.126. The van der Waals surface area contributed by atoms with Crippen molar-refractivity contribution in [1.29, 1.82) is 0 Å². The second-order valence-electron chi connectivity index (χ2n) is 6.87. The van der Waals surface area contributed by atoms with Crippen LogP contribution in [0.5, 0.6) is 0 Å². The Bertz CT molecular complexity index is 975. The summed E-state index contributed by atoms with van der Waals surface area (Å²) in [4.78, 5) is 16.5. The van der Waals surface area contributed by atoms with Gasteiger partial charge in [0.05, 0.1) is 0 Å². The summed E-state index contributed by atoms with van der Waals surface area (Å²) in [6.07, 6.45) is 0. The summed E-state index contributed by atoms with van der Waals surface area (Å²) in [5.41, 5.74) is 2.50. The van der Waals surface area contributed by atoms with Crippen molar-refractivity contribution in [1.82, 2.24) is 10.3 Å². The molecule has 0 bridgehead atoms. The molecule has 134 valence electrons. The molecule has 7 heteroatoms. The van der Waals surface area contributed by atoms with E-state index in [2.05, 4.69) is 31.5 Å². The van der Waals surface area contributed by atoms with Crippen molar-refractivity contribution in [3.63, 3.8) is 0 Å². The van der Waals surface area contributed by atoms with Crippen LogP contribution < -0.4 is 10.6 Å². The van der Waals surface area contributed by atoms with Crippen molar-refractivity contribution in [2.45, 2.75) is 20.8 Å². The molecule has 0 aliphatic heterocycles. The maximum Gasteiger partial charge on any atom is 0.231 e. The summed E-state index contributed by atoms with van der Waals surface area (Å²) < 4.78 is 6.80. The van der Waals surface area contributed by atoms with Crippen LogP contribution in [0.4, 0.5) is 5.69 Å². The number of nitrogens with one attached hydrogen (secondary N) is 2. The molecule has 5 nitrogen and oxygen atoms in total. The first-order chi connectivity index (χ1) is 12.2. The van der Waals surface area contributed by atoms with Gasteiger partial charge in [-0.05, 0) is 54.7 Å². The first-order valence-corrected chi connectivity index (χ1v) is 9.21. The van der Waals surface area contributed by atoms with Gasteiger partial charge in [-0.2, -0.15) is 0 Å². The van der Waals surface area contributed by atoms with Gasteiger partial charge in [-0.25, -0.2) is 4.98 Å². The number of rotatable bonds is 2. The summed E-state index contributed by atoms with van der Waals surface area (Å²) in [6, 6.07) is 13.2. The van der Waals surface area contributed by atoms with E-state index in [0.717, 1.165) is 15.7 Å². The molecular formula is C19H18BrN3O2S. The Morgan fingerprint density at radius 1 is 1.15 bits per heavy atom. The molecule has 0 saturated heterocycles. The molecule has 3 aromatic rings. The Labute approximate surface area is 165 Å². The van der Waals surface area contributed by atoms with Crippen LogP contribution in [0.1, 0.15) is 20.8 Å². The maximum absolute atomic E-state index is 12.0. The van der Waals surface area contributed by atoms with Crippen molar-refractivity contribution in [2.24, 2.45) is 5.41 Å². The van der Waals surface area contributed by atoms with E-state index in [0.29, 0.717) is 17.0 Å². The summed E-state index contributed by atoms with van der Waals surface area (Å²) in [6.45, 7) is 5.49. The Morgan fingerprint density at radius 2 is 1.85 bits per heavy atom. The Hall–Kier alpha value is -2.25. The van der Waals surface area contributed by atoms with E-state index in [4.69, 9.17) is 16.6 Å². The largest absolute Gasteiger partial charge is 0.436 e. The zero-order valence-corrected chi connectivity index (χ0v) is 17.0. The average molecular weight is 432 g/mol. The third-order valence-electron chi connectivity index (χ3n) is 3.64. The lowest BCUT2D eigenvalue weighted by atomic mass is 9.96. The highest BCUT2D eigenvalue weighted by atomic mass is 79.9. The van der Waals surface area contributed by atoms with Crippen LogP contribution in [0.2, 0.25) is 0 Å². The predicted octanol–water partition coefficient (Wildman–Crippen LogP) is 5.12. The van der Waals surface area contributed by atoms with Crippen molar-refractivity contribution in [3.05, 3.63) is 46.9 Å². The number of carbonyl (C=O) groups excluding carboxylic acids is 1. The van der Waals surface area contributed by atoms with Gasteiger partial charge in [0.1, 0.15) is 5.52 Å². The highest BCUT2D eigenvalue weighted by Gasteiger charge is 2.22. The van der Waals surface area contributed by atoms with Crippen LogP contribution in [0, 0.1) is 5.41 Å². The minimum Gasteiger partial charge on any atom is -0.436 e. The van der Waals surface area contributed by atoms with Gasteiger partial charge in [0.25, 0.3) is 0 Å². The van der Waals surface area contributed by atoms with Crippen molar-refractivity contribution in [2.75, 3.05) is 5.32 Å². The summed E-state index contributed by atoms with van der Waals surface area (Å²) >= 11 is 8.62. The molecule has 2 aromatic carbocycles.